The number of hydrogen-bond acceptors (Lipinski definition) is 5. The largest absolute Gasteiger partial charge is 0.463 e. The number of benzene rings is 2. The molecule has 162 valence electrons. The average Bonchev–Trinajstić information content (AvgIpc) is 3.18. The van der Waals surface area contributed by atoms with Gasteiger partial charge in [0.05, 0.1) is 22.2 Å². The summed E-state index contributed by atoms with van der Waals surface area (Å²) in [6.07, 6.45) is 4.11. The van der Waals surface area contributed by atoms with E-state index in [1.54, 1.807) is 22.9 Å². The zero-order valence-electron chi connectivity index (χ0n) is 18.1. The fourth-order valence-electron chi connectivity index (χ4n) is 3.64. The fourth-order valence-corrected chi connectivity index (χ4v) is 3.64. The molecule has 3 aromatic heterocycles. The van der Waals surface area contributed by atoms with Crippen LogP contribution in [-0.4, -0.2) is 20.7 Å². The number of carbonyl (C=O) groups excluding carboxylic acids is 1. The summed E-state index contributed by atoms with van der Waals surface area (Å²) in [5.74, 6) is 0.665. The minimum absolute atomic E-state index is 0.190. The summed E-state index contributed by atoms with van der Waals surface area (Å²) in [6.45, 7) is 3.75. The third-order valence-corrected chi connectivity index (χ3v) is 5.25. The van der Waals surface area contributed by atoms with Crippen LogP contribution in [0.25, 0.3) is 33.8 Å². The second kappa shape index (κ2) is 8.20. The molecule has 0 atom stereocenters. The van der Waals surface area contributed by atoms with Crippen LogP contribution >= 0.6 is 0 Å². The number of nitrogens with one attached hydrogen (secondary N) is 1. The molecule has 0 radical (unpaired) electrons. The lowest BCUT2D eigenvalue weighted by molar-refractivity contribution is -0.111. The van der Waals surface area contributed by atoms with Gasteiger partial charge in [-0.25, -0.2) is 4.98 Å². The van der Waals surface area contributed by atoms with E-state index >= 15 is 0 Å². The lowest BCUT2D eigenvalue weighted by atomic mass is 10.1. The smallest absolute Gasteiger partial charge is 0.249 e. The van der Waals surface area contributed by atoms with E-state index in [0.717, 1.165) is 22.2 Å². The molecule has 1 N–H and O–H groups in total. The number of rotatable bonds is 4. The Morgan fingerprint density at radius 3 is 2.79 bits per heavy atom. The Bertz CT molecular complexity index is 1610. The van der Waals surface area contributed by atoms with Crippen LogP contribution in [0.3, 0.4) is 0 Å². The minimum Gasteiger partial charge on any atom is -0.463 e. The molecule has 1 amide bonds. The number of para-hydroxylation sites is 1. The maximum absolute atomic E-state index is 12.7. The van der Waals surface area contributed by atoms with Gasteiger partial charge in [-0.1, -0.05) is 29.8 Å². The van der Waals surface area contributed by atoms with Crippen molar-refractivity contribution in [3.63, 3.8) is 0 Å². The number of carbonyl (C=O) groups is 1. The molecule has 33 heavy (non-hydrogen) atoms. The van der Waals surface area contributed by atoms with E-state index in [0.29, 0.717) is 28.2 Å². The van der Waals surface area contributed by atoms with Crippen LogP contribution in [0.4, 0.5) is 5.82 Å². The maximum Gasteiger partial charge on any atom is 0.249 e. The Balaban J connectivity index is 1.42. The third kappa shape index (κ3) is 4.04. The predicted octanol–water partition coefficient (Wildman–Crippen LogP) is 4.80. The van der Waals surface area contributed by atoms with Crippen molar-refractivity contribution in [1.82, 2.24) is 14.8 Å². The standard InChI is InChI=1S/C26H20N4O3/c1-16-7-10-22-20(13-16)26(32)19(15-33-22)9-12-25(31)28-24-14-17(2)29-30(24)23-11-8-18-5-3-4-6-21(18)27-23/h3-15H,1-2H3,(H,28,31)/b12-9+. The summed E-state index contributed by atoms with van der Waals surface area (Å²) < 4.78 is 7.12. The molecule has 5 rings (SSSR count). The van der Waals surface area contributed by atoms with E-state index in [-0.39, 0.29) is 5.43 Å². The van der Waals surface area contributed by atoms with Crippen LogP contribution in [0.5, 0.6) is 0 Å². The molecule has 0 bridgehead atoms. The minimum atomic E-state index is -0.402. The van der Waals surface area contributed by atoms with E-state index in [1.165, 1.54) is 18.4 Å². The molecule has 0 aliphatic rings. The number of anilines is 1. The van der Waals surface area contributed by atoms with Crippen LogP contribution in [-0.2, 0) is 4.79 Å². The van der Waals surface area contributed by atoms with Crippen LogP contribution in [0.1, 0.15) is 16.8 Å². The van der Waals surface area contributed by atoms with E-state index in [2.05, 4.69) is 15.4 Å². The van der Waals surface area contributed by atoms with Crippen LogP contribution < -0.4 is 10.7 Å². The number of amides is 1. The Kier molecular flexibility index (Phi) is 5.06. The van der Waals surface area contributed by atoms with Gasteiger partial charge >= 0.3 is 0 Å². The second-order valence-corrected chi connectivity index (χ2v) is 7.79. The predicted molar refractivity (Wildman–Crippen MR) is 128 cm³/mol. The zero-order valence-corrected chi connectivity index (χ0v) is 18.1. The lowest BCUT2D eigenvalue weighted by Crippen LogP contribution is -2.13. The lowest BCUT2D eigenvalue weighted by Gasteiger charge is -2.08. The van der Waals surface area contributed by atoms with E-state index in [1.807, 2.05) is 56.3 Å². The van der Waals surface area contributed by atoms with Gasteiger partial charge < -0.3 is 9.73 Å². The van der Waals surface area contributed by atoms with Gasteiger partial charge in [-0.15, -0.1) is 0 Å². The summed E-state index contributed by atoms with van der Waals surface area (Å²) in [7, 11) is 0. The van der Waals surface area contributed by atoms with Crippen molar-refractivity contribution in [2.24, 2.45) is 0 Å². The van der Waals surface area contributed by atoms with E-state index in [9.17, 15) is 9.59 Å². The summed E-state index contributed by atoms with van der Waals surface area (Å²) in [4.78, 5) is 30.0. The zero-order chi connectivity index (χ0) is 22.9. The summed E-state index contributed by atoms with van der Waals surface area (Å²) in [6, 6.07) is 18.8. The third-order valence-electron chi connectivity index (χ3n) is 5.25. The van der Waals surface area contributed by atoms with Crippen molar-refractivity contribution in [2.45, 2.75) is 13.8 Å². The van der Waals surface area contributed by atoms with Gasteiger partial charge in [-0.05, 0) is 50.3 Å². The van der Waals surface area contributed by atoms with Crippen molar-refractivity contribution in [3.05, 3.63) is 100 Å². The van der Waals surface area contributed by atoms with Crippen LogP contribution in [0.2, 0.25) is 0 Å². The highest BCUT2D eigenvalue weighted by Crippen LogP contribution is 2.19. The number of aryl methyl sites for hydroxylation is 2. The molecule has 5 aromatic rings. The van der Waals surface area contributed by atoms with Crippen LogP contribution in [0, 0.1) is 13.8 Å². The van der Waals surface area contributed by atoms with E-state index < -0.39 is 5.91 Å². The van der Waals surface area contributed by atoms with Gasteiger partial charge in [-0.3, -0.25) is 9.59 Å². The van der Waals surface area contributed by atoms with Gasteiger partial charge in [-0.2, -0.15) is 9.78 Å². The molecule has 2 aromatic carbocycles. The van der Waals surface area contributed by atoms with E-state index in [4.69, 9.17) is 4.42 Å². The Hall–Kier alpha value is -4.52. The van der Waals surface area contributed by atoms with Gasteiger partial charge in [0.1, 0.15) is 17.7 Å². The monoisotopic (exact) mass is 436 g/mol. The van der Waals surface area contributed by atoms with Gasteiger partial charge in [0.15, 0.2) is 11.2 Å². The first-order valence-electron chi connectivity index (χ1n) is 10.4. The molecular formula is C26H20N4O3. The van der Waals surface area contributed by atoms with Crippen molar-refractivity contribution in [3.8, 4) is 5.82 Å². The maximum atomic E-state index is 12.7. The van der Waals surface area contributed by atoms with Crippen LogP contribution in [0.15, 0.2) is 82.2 Å². The Labute approximate surface area is 189 Å². The van der Waals surface area contributed by atoms with Crippen molar-refractivity contribution >= 4 is 39.7 Å². The van der Waals surface area contributed by atoms with Crippen molar-refractivity contribution < 1.29 is 9.21 Å². The normalized spacial score (nSPS) is 11.5. The number of pyridine rings is 1. The van der Waals surface area contributed by atoms with Gasteiger partial charge in [0, 0.05) is 17.5 Å². The molecular weight excluding hydrogens is 416 g/mol. The quantitative estimate of drug-likeness (QED) is 0.409. The Morgan fingerprint density at radius 2 is 1.91 bits per heavy atom. The van der Waals surface area contributed by atoms with Gasteiger partial charge in [0.2, 0.25) is 5.91 Å². The Morgan fingerprint density at radius 1 is 1.06 bits per heavy atom. The number of fused-ring (bicyclic) bond motifs is 2. The molecule has 0 saturated heterocycles. The van der Waals surface area contributed by atoms with Crippen molar-refractivity contribution in [1.29, 1.82) is 0 Å². The van der Waals surface area contributed by atoms with Gasteiger partial charge in [0.25, 0.3) is 0 Å². The fraction of sp³-hybridized carbons (Fsp3) is 0.0769. The summed E-state index contributed by atoms with van der Waals surface area (Å²) >= 11 is 0. The highest BCUT2D eigenvalue weighted by Gasteiger charge is 2.12. The first-order chi connectivity index (χ1) is 16.0. The first kappa shape index (κ1) is 20.4. The topological polar surface area (TPSA) is 90.0 Å². The molecule has 0 aliphatic carbocycles. The highest BCUT2D eigenvalue weighted by molar-refractivity contribution is 6.01. The number of nitrogens with zero attached hydrogens (tertiary/aromatic N) is 3. The molecule has 0 saturated carbocycles. The molecule has 3 heterocycles. The first-order valence-corrected chi connectivity index (χ1v) is 10.4. The SMILES string of the molecule is Cc1ccc2occ(/C=C/C(=O)Nc3cc(C)nn3-c3ccc4ccccc4n3)c(=O)c2c1. The molecule has 0 unspecified atom stereocenters. The highest BCUT2D eigenvalue weighted by atomic mass is 16.3. The molecule has 7 heteroatoms. The molecule has 0 aliphatic heterocycles. The summed E-state index contributed by atoms with van der Waals surface area (Å²) in [5.41, 5.74) is 3.14. The number of aromatic nitrogens is 3. The molecule has 7 nitrogen and oxygen atoms in total. The molecule has 0 spiro atoms. The second-order valence-electron chi connectivity index (χ2n) is 7.79. The van der Waals surface area contributed by atoms with Crippen molar-refractivity contribution in [2.75, 3.05) is 5.32 Å². The summed E-state index contributed by atoms with van der Waals surface area (Å²) in [5, 5.41) is 8.78. The number of hydrogen-bond donors (Lipinski definition) is 1. The average molecular weight is 436 g/mol. The molecule has 0 fully saturated rings.